The quantitative estimate of drug-likeness (QED) is 0.787. The van der Waals surface area contributed by atoms with Crippen LogP contribution >= 0.6 is 11.6 Å². The predicted molar refractivity (Wildman–Crippen MR) is 88.2 cm³/mol. The fraction of sp³-hybridized carbons (Fsp3) is 0.333. The standard InChI is InChI=1S/C18H17ClN2O/c19-17-10-15(12-3-4-12)16(11-20-17)13-5-7-14(8-6-13)21-9-1-2-18(21)22/h5-8,10-12H,1-4,9H2. The maximum atomic E-state index is 11.8. The van der Waals surface area contributed by atoms with Gasteiger partial charge in [-0.25, -0.2) is 4.98 Å². The molecule has 22 heavy (non-hydrogen) atoms. The van der Waals surface area contributed by atoms with E-state index >= 15 is 0 Å². The van der Waals surface area contributed by atoms with Crippen molar-refractivity contribution < 1.29 is 4.79 Å². The van der Waals surface area contributed by atoms with Crippen LogP contribution in [0.3, 0.4) is 0 Å². The van der Waals surface area contributed by atoms with Gasteiger partial charge >= 0.3 is 0 Å². The smallest absolute Gasteiger partial charge is 0.227 e. The molecule has 2 aromatic rings. The van der Waals surface area contributed by atoms with Crippen molar-refractivity contribution in [3.05, 3.63) is 47.2 Å². The van der Waals surface area contributed by atoms with Gasteiger partial charge in [-0.2, -0.15) is 0 Å². The summed E-state index contributed by atoms with van der Waals surface area (Å²) in [6, 6.07) is 10.2. The Morgan fingerprint density at radius 2 is 1.95 bits per heavy atom. The molecule has 4 heteroatoms. The van der Waals surface area contributed by atoms with Crippen LogP contribution in [0.4, 0.5) is 5.69 Å². The lowest BCUT2D eigenvalue weighted by molar-refractivity contribution is -0.117. The maximum absolute atomic E-state index is 11.8. The first-order valence-electron chi connectivity index (χ1n) is 7.78. The van der Waals surface area contributed by atoms with Crippen molar-refractivity contribution in [2.75, 3.05) is 11.4 Å². The number of carbonyl (C=O) groups excluding carboxylic acids is 1. The number of nitrogens with zero attached hydrogens (tertiary/aromatic N) is 2. The molecular formula is C18H17ClN2O. The lowest BCUT2D eigenvalue weighted by Crippen LogP contribution is -2.23. The summed E-state index contributed by atoms with van der Waals surface area (Å²) in [6.07, 6.45) is 5.94. The van der Waals surface area contributed by atoms with Crippen molar-refractivity contribution in [1.82, 2.24) is 4.98 Å². The summed E-state index contributed by atoms with van der Waals surface area (Å²) in [4.78, 5) is 17.9. The molecule has 1 aromatic carbocycles. The van der Waals surface area contributed by atoms with Gasteiger partial charge in [-0.15, -0.1) is 0 Å². The minimum atomic E-state index is 0.222. The van der Waals surface area contributed by atoms with E-state index < -0.39 is 0 Å². The first-order valence-corrected chi connectivity index (χ1v) is 8.16. The summed E-state index contributed by atoms with van der Waals surface area (Å²) in [7, 11) is 0. The zero-order valence-corrected chi connectivity index (χ0v) is 13.0. The van der Waals surface area contributed by atoms with Gasteiger partial charge in [0.25, 0.3) is 0 Å². The third-order valence-electron chi connectivity index (χ3n) is 4.48. The van der Waals surface area contributed by atoms with Gasteiger partial charge in [0.05, 0.1) is 0 Å². The van der Waals surface area contributed by atoms with Crippen LogP contribution in [-0.2, 0) is 4.79 Å². The Kier molecular flexibility index (Phi) is 3.38. The van der Waals surface area contributed by atoms with Crippen LogP contribution in [0, 0.1) is 0 Å². The summed E-state index contributed by atoms with van der Waals surface area (Å²) >= 11 is 6.05. The van der Waals surface area contributed by atoms with Gasteiger partial charge < -0.3 is 4.90 Å². The average Bonchev–Trinajstić information content (AvgIpc) is 3.29. The molecule has 0 N–H and O–H groups in total. The lowest BCUT2D eigenvalue weighted by Gasteiger charge is -2.16. The molecule has 0 bridgehead atoms. The van der Waals surface area contributed by atoms with E-state index in [0.29, 0.717) is 17.5 Å². The van der Waals surface area contributed by atoms with Gasteiger partial charge in [0.2, 0.25) is 5.91 Å². The number of carbonyl (C=O) groups is 1. The number of hydrogen-bond acceptors (Lipinski definition) is 2. The number of pyridine rings is 1. The van der Waals surface area contributed by atoms with E-state index in [9.17, 15) is 4.79 Å². The topological polar surface area (TPSA) is 33.2 Å². The minimum absolute atomic E-state index is 0.222. The van der Waals surface area contributed by atoms with Gasteiger partial charge in [-0.3, -0.25) is 4.79 Å². The molecule has 1 aliphatic carbocycles. The van der Waals surface area contributed by atoms with Crippen LogP contribution in [0.5, 0.6) is 0 Å². The molecular weight excluding hydrogens is 296 g/mol. The minimum Gasteiger partial charge on any atom is -0.312 e. The number of benzene rings is 1. The van der Waals surface area contributed by atoms with E-state index in [0.717, 1.165) is 29.8 Å². The molecule has 2 fully saturated rings. The number of rotatable bonds is 3. The van der Waals surface area contributed by atoms with E-state index in [2.05, 4.69) is 17.1 Å². The third kappa shape index (κ3) is 2.50. The number of halogens is 1. The van der Waals surface area contributed by atoms with Gasteiger partial charge in [0, 0.05) is 30.4 Å². The highest BCUT2D eigenvalue weighted by Gasteiger charge is 2.27. The SMILES string of the molecule is O=C1CCCN1c1ccc(-c2cnc(Cl)cc2C2CC2)cc1. The third-order valence-corrected chi connectivity index (χ3v) is 4.69. The summed E-state index contributed by atoms with van der Waals surface area (Å²) in [5, 5.41) is 0.560. The second-order valence-electron chi connectivity index (χ2n) is 6.06. The molecule has 1 saturated carbocycles. The first-order chi connectivity index (χ1) is 10.7. The summed E-state index contributed by atoms with van der Waals surface area (Å²) in [5.41, 5.74) is 4.58. The van der Waals surface area contributed by atoms with E-state index in [1.807, 2.05) is 29.3 Å². The molecule has 2 heterocycles. The second kappa shape index (κ2) is 5.40. The van der Waals surface area contributed by atoms with Gasteiger partial charge in [-0.05, 0) is 54.5 Å². The van der Waals surface area contributed by atoms with Crippen LogP contribution in [0.25, 0.3) is 11.1 Å². The second-order valence-corrected chi connectivity index (χ2v) is 6.45. The zero-order chi connectivity index (χ0) is 15.1. The van der Waals surface area contributed by atoms with E-state index in [-0.39, 0.29) is 5.91 Å². The van der Waals surface area contributed by atoms with Gasteiger partial charge in [0.15, 0.2) is 0 Å². The highest BCUT2D eigenvalue weighted by molar-refractivity contribution is 6.29. The maximum Gasteiger partial charge on any atom is 0.227 e. The van der Waals surface area contributed by atoms with Crippen molar-refractivity contribution in [1.29, 1.82) is 0 Å². The molecule has 1 aromatic heterocycles. The van der Waals surface area contributed by atoms with Crippen molar-refractivity contribution in [2.24, 2.45) is 0 Å². The number of aromatic nitrogens is 1. The van der Waals surface area contributed by atoms with Crippen LogP contribution in [0.15, 0.2) is 36.5 Å². The molecule has 3 nitrogen and oxygen atoms in total. The van der Waals surface area contributed by atoms with Gasteiger partial charge in [-0.1, -0.05) is 23.7 Å². The van der Waals surface area contributed by atoms with Crippen LogP contribution in [0.2, 0.25) is 5.15 Å². The molecule has 1 amide bonds. The lowest BCUT2D eigenvalue weighted by atomic mass is 9.99. The van der Waals surface area contributed by atoms with Crippen LogP contribution in [-0.4, -0.2) is 17.4 Å². The molecule has 0 radical (unpaired) electrons. The normalized spacial score (nSPS) is 18.0. The number of hydrogen-bond donors (Lipinski definition) is 0. The van der Waals surface area contributed by atoms with Gasteiger partial charge in [0.1, 0.15) is 5.15 Å². The Labute approximate surface area is 134 Å². The molecule has 0 unspecified atom stereocenters. The first kappa shape index (κ1) is 13.8. The van der Waals surface area contributed by atoms with Crippen molar-refractivity contribution in [2.45, 2.75) is 31.6 Å². The Morgan fingerprint density at radius 1 is 1.18 bits per heavy atom. The Morgan fingerprint density at radius 3 is 2.59 bits per heavy atom. The summed E-state index contributed by atoms with van der Waals surface area (Å²) < 4.78 is 0. The molecule has 0 atom stereocenters. The van der Waals surface area contributed by atoms with Crippen molar-refractivity contribution in [3.63, 3.8) is 0 Å². The summed E-state index contributed by atoms with van der Waals surface area (Å²) in [6.45, 7) is 0.827. The zero-order valence-electron chi connectivity index (χ0n) is 12.3. The molecule has 0 spiro atoms. The number of anilines is 1. The highest BCUT2D eigenvalue weighted by atomic mass is 35.5. The Hall–Kier alpha value is -1.87. The molecule has 4 rings (SSSR count). The van der Waals surface area contributed by atoms with E-state index in [4.69, 9.17) is 11.6 Å². The van der Waals surface area contributed by atoms with E-state index in [1.165, 1.54) is 18.4 Å². The monoisotopic (exact) mass is 312 g/mol. The van der Waals surface area contributed by atoms with Crippen molar-refractivity contribution in [3.8, 4) is 11.1 Å². The predicted octanol–water partition coefficient (Wildman–Crippen LogP) is 4.41. The van der Waals surface area contributed by atoms with Crippen LogP contribution in [0.1, 0.15) is 37.2 Å². The molecule has 2 aliphatic rings. The Bertz CT molecular complexity index is 722. The largest absolute Gasteiger partial charge is 0.312 e. The van der Waals surface area contributed by atoms with Crippen molar-refractivity contribution >= 4 is 23.2 Å². The Balaban J connectivity index is 1.67. The fourth-order valence-electron chi connectivity index (χ4n) is 3.16. The molecule has 1 aliphatic heterocycles. The molecule has 1 saturated heterocycles. The van der Waals surface area contributed by atoms with E-state index in [1.54, 1.807) is 0 Å². The highest BCUT2D eigenvalue weighted by Crippen LogP contribution is 2.45. The average molecular weight is 313 g/mol. The number of amides is 1. The van der Waals surface area contributed by atoms with Crippen LogP contribution < -0.4 is 4.90 Å². The summed E-state index contributed by atoms with van der Waals surface area (Å²) in [5.74, 6) is 0.843. The molecule has 112 valence electrons. The fourth-order valence-corrected chi connectivity index (χ4v) is 3.33.